The van der Waals surface area contributed by atoms with Crippen molar-refractivity contribution in [3.63, 3.8) is 0 Å². The molecule has 3 aromatic heterocycles. The first-order valence-electron chi connectivity index (χ1n) is 12.1. The first-order valence-corrected chi connectivity index (χ1v) is 13.0. The highest BCUT2D eigenvalue weighted by molar-refractivity contribution is 7.92. The summed E-state index contributed by atoms with van der Waals surface area (Å²) < 4.78 is 72.8. The van der Waals surface area contributed by atoms with Crippen LogP contribution in [0.4, 0.5) is 14.5 Å². The standard InChI is InChI=1S/C26H21ClF2N4O2S/c27-26-23(32-36(34,35)25-9-8-21(28)14-22(25)29)12-20(15-30-26)18-10-11-33-24(13-18)19(16-31-33)7-6-17-4-2-1-3-5-17/h8-17,32H,1-5H2/i2D2. The number of nitrogens with zero attached hydrogens (tertiary/aromatic N) is 3. The molecule has 0 saturated heterocycles. The van der Waals surface area contributed by atoms with Crippen LogP contribution in [0, 0.1) is 29.4 Å². The number of sulfonamides is 1. The minimum Gasteiger partial charge on any atom is -0.276 e. The van der Waals surface area contributed by atoms with Crippen LogP contribution in [0.2, 0.25) is 5.15 Å². The molecule has 184 valence electrons. The smallest absolute Gasteiger partial charge is 0.264 e. The van der Waals surface area contributed by atoms with Gasteiger partial charge < -0.3 is 0 Å². The highest BCUT2D eigenvalue weighted by atomic mass is 35.5. The molecule has 0 radical (unpaired) electrons. The molecule has 0 amide bonds. The lowest BCUT2D eigenvalue weighted by molar-refractivity contribution is 0.430. The average Bonchev–Trinajstić information content (AvgIpc) is 3.25. The van der Waals surface area contributed by atoms with E-state index in [4.69, 9.17) is 14.3 Å². The number of rotatable bonds is 4. The van der Waals surface area contributed by atoms with Crippen LogP contribution in [0.25, 0.3) is 16.6 Å². The van der Waals surface area contributed by atoms with Crippen LogP contribution in [0.1, 0.15) is 40.4 Å². The molecule has 1 aliphatic rings. The minimum absolute atomic E-state index is 0.0288. The van der Waals surface area contributed by atoms with Crippen molar-refractivity contribution < 1.29 is 19.9 Å². The fourth-order valence-electron chi connectivity index (χ4n) is 3.98. The lowest BCUT2D eigenvalue weighted by atomic mass is 9.90. The molecule has 5 rings (SSSR count). The van der Waals surface area contributed by atoms with Gasteiger partial charge in [-0.1, -0.05) is 42.7 Å². The van der Waals surface area contributed by atoms with Crippen molar-refractivity contribution in [2.45, 2.75) is 37.0 Å². The molecule has 0 spiro atoms. The third-order valence-corrected chi connectivity index (χ3v) is 7.53. The van der Waals surface area contributed by atoms with Gasteiger partial charge in [-0.2, -0.15) is 5.10 Å². The zero-order valence-electron chi connectivity index (χ0n) is 20.8. The zero-order valence-corrected chi connectivity index (χ0v) is 20.4. The molecule has 36 heavy (non-hydrogen) atoms. The van der Waals surface area contributed by atoms with Gasteiger partial charge in [-0.05, 0) is 48.7 Å². The number of benzene rings is 1. The molecule has 0 aliphatic heterocycles. The van der Waals surface area contributed by atoms with Crippen LogP contribution >= 0.6 is 11.6 Å². The Morgan fingerprint density at radius 1 is 1.11 bits per heavy atom. The summed E-state index contributed by atoms with van der Waals surface area (Å²) >= 11 is 6.13. The van der Waals surface area contributed by atoms with E-state index in [9.17, 15) is 17.2 Å². The molecule has 1 atom stereocenters. The summed E-state index contributed by atoms with van der Waals surface area (Å²) in [5, 5.41) is 4.17. The van der Waals surface area contributed by atoms with Crippen LogP contribution in [-0.4, -0.2) is 23.0 Å². The van der Waals surface area contributed by atoms with Crippen molar-refractivity contribution in [1.29, 1.82) is 0 Å². The lowest BCUT2D eigenvalue weighted by Crippen LogP contribution is -2.15. The molecule has 1 aromatic carbocycles. The molecule has 3 heterocycles. The van der Waals surface area contributed by atoms with Gasteiger partial charge in [-0.25, -0.2) is 26.7 Å². The third-order valence-electron chi connectivity index (χ3n) is 5.83. The Bertz CT molecular complexity index is 1720. The van der Waals surface area contributed by atoms with Crippen molar-refractivity contribution in [2.75, 3.05) is 4.72 Å². The highest BCUT2D eigenvalue weighted by Gasteiger charge is 2.21. The summed E-state index contributed by atoms with van der Waals surface area (Å²) in [5.41, 5.74) is 2.50. The molecule has 10 heteroatoms. The van der Waals surface area contributed by atoms with Gasteiger partial charge in [0.1, 0.15) is 16.5 Å². The van der Waals surface area contributed by atoms with E-state index in [-0.39, 0.29) is 16.8 Å². The maximum atomic E-state index is 14.1. The van der Waals surface area contributed by atoms with Crippen LogP contribution in [-0.2, 0) is 10.0 Å². The topological polar surface area (TPSA) is 76.4 Å². The maximum Gasteiger partial charge on any atom is 0.264 e. The third kappa shape index (κ3) is 5.06. The van der Waals surface area contributed by atoms with E-state index in [1.807, 2.05) is 6.07 Å². The molecule has 1 unspecified atom stereocenters. The number of pyridine rings is 2. The Morgan fingerprint density at radius 2 is 1.97 bits per heavy atom. The maximum absolute atomic E-state index is 14.1. The quantitative estimate of drug-likeness (QED) is 0.258. The first kappa shape index (κ1) is 21.8. The van der Waals surface area contributed by atoms with Gasteiger partial charge in [0.2, 0.25) is 0 Å². The largest absolute Gasteiger partial charge is 0.276 e. The van der Waals surface area contributed by atoms with Gasteiger partial charge in [0, 0.05) is 32.7 Å². The fourth-order valence-corrected chi connectivity index (χ4v) is 5.31. The Labute approximate surface area is 215 Å². The summed E-state index contributed by atoms with van der Waals surface area (Å²) in [7, 11) is -4.42. The van der Waals surface area contributed by atoms with Gasteiger partial charge in [-0.3, -0.25) is 4.72 Å². The molecule has 0 bridgehead atoms. The van der Waals surface area contributed by atoms with Crippen LogP contribution in [0.5, 0.6) is 0 Å². The summed E-state index contributed by atoms with van der Waals surface area (Å²) in [4.78, 5) is 3.34. The molecule has 1 N–H and O–H groups in total. The highest BCUT2D eigenvalue weighted by Crippen LogP contribution is 2.30. The molecular formula is C26H21ClF2N4O2S. The van der Waals surface area contributed by atoms with E-state index >= 15 is 0 Å². The number of aromatic nitrogens is 3. The predicted octanol–water partition coefficient (Wildman–Crippen LogP) is 6.06. The number of nitrogens with one attached hydrogen (secondary N) is 1. The number of hydrogen-bond donors (Lipinski definition) is 1. The zero-order chi connectivity index (χ0) is 27.1. The minimum atomic E-state index is -4.42. The number of fused-ring (bicyclic) bond motifs is 1. The van der Waals surface area contributed by atoms with Crippen molar-refractivity contribution in [3.8, 4) is 23.0 Å². The second-order valence-corrected chi connectivity index (χ2v) is 10.4. The van der Waals surface area contributed by atoms with Gasteiger partial charge >= 0.3 is 0 Å². The second-order valence-electron chi connectivity index (χ2n) is 8.36. The monoisotopic (exact) mass is 528 g/mol. The van der Waals surface area contributed by atoms with Gasteiger partial charge in [-0.15, -0.1) is 0 Å². The van der Waals surface area contributed by atoms with Crippen LogP contribution in [0.3, 0.4) is 0 Å². The van der Waals surface area contributed by atoms with E-state index in [0.29, 0.717) is 41.1 Å². The molecule has 1 saturated carbocycles. The Kier molecular flexibility index (Phi) is 5.97. The summed E-state index contributed by atoms with van der Waals surface area (Å²) in [6, 6.07) is 7.20. The Hall–Kier alpha value is -3.48. The summed E-state index contributed by atoms with van der Waals surface area (Å²) in [6.45, 7) is 0. The fraction of sp³-hybridized carbons (Fsp3) is 0.231. The molecule has 1 aliphatic carbocycles. The van der Waals surface area contributed by atoms with Crippen molar-refractivity contribution in [1.82, 2.24) is 14.6 Å². The van der Waals surface area contributed by atoms with E-state index in [1.165, 1.54) is 12.3 Å². The molecular weight excluding hydrogens is 506 g/mol. The van der Waals surface area contributed by atoms with Crippen LogP contribution in [0.15, 0.2) is 59.9 Å². The van der Waals surface area contributed by atoms with Crippen molar-refractivity contribution in [3.05, 3.63) is 77.3 Å². The molecule has 1 fully saturated rings. The molecule has 4 aromatic rings. The number of hydrogen-bond acceptors (Lipinski definition) is 4. The lowest BCUT2D eigenvalue weighted by Gasteiger charge is -2.15. The van der Waals surface area contributed by atoms with Crippen molar-refractivity contribution >= 4 is 32.8 Å². The summed E-state index contributed by atoms with van der Waals surface area (Å²) in [5.74, 6) is 4.17. The van der Waals surface area contributed by atoms with Crippen LogP contribution < -0.4 is 4.72 Å². The Balaban J connectivity index is 1.45. The van der Waals surface area contributed by atoms with Gasteiger partial charge in [0.05, 0.1) is 23.0 Å². The second kappa shape index (κ2) is 9.88. The SMILES string of the molecule is [2H]C1([2H])CCCC(C#Cc2cnn3ccc(-c4cnc(Cl)c(NS(=O)(=O)c5ccc(F)cc5F)c4)cc23)C1. The van der Waals surface area contributed by atoms with Gasteiger partial charge in [0.15, 0.2) is 5.15 Å². The van der Waals surface area contributed by atoms with E-state index in [1.54, 1.807) is 23.0 Å². The Morgan fingerprint density at radius 3 is 2.78 bits per heavy atom. The van der Waals surface area contributed by atoms with E-state index in [0.717, 1.165) is 25.0 Å². The number of anilines is 1. The van der Waals surface area contributed by atoms with Crippen molar-refractivity contribution in [2.24, 2.45) is 5.92 Å². The normalized spacial score (nSPS) is 18.1. The number of halogens is 3. The van der Waals surface area contributed by atoms with E-state index in [2.05, 4.69) is 26.6 Å². The summed E-state index contributed by atoms with van der Waals surface area (Å²) in [6.07, 6.45) is 6.24. The average molecular weight is 529 g/mol. The predicted molar refractivity (Wildman–Crippen MR) is 134 cm³/mol. The van der Waals surface area contributed by atoms with Gasteiger partial charge in [0.25, 0.3) is 10.0 Å². The first-order chi connectivity index (χ1) is 18.0. The molecule has 6 nitrogen and oxygen atoms in total. The van der Waals surface area contributed by atoms with E-state index < -0.39 is 32.9 Å².